The van der Waals surface area contributed by atoms with Crippen LogP contribution in [0.3, 0.4) is 0 Å². The van der Waals surface area contributed by atoms with Crippen LogP contribution in [0.5, 0.6) is 5.75 Å². The predicted molar refractivity (Wildman–Crippen MR) is 143 cm³/mol. The molecule has 1 saturated heterocycles. The van der Waals surface area contributed by atoms with E-state index >= 15 is 8.78 Å². The lowest BCUT2D eigenvalue weighted by atomic mass is 9.97. The number of carbonyl (C=O) groups excluding carboxylic acids is 2. The highest BCUT2D eigenvalue weighted by Gasteiger charge is 2.28. The Labute approximate surface area is 224 Å². The molecule has 0 saturated carbocycles. The zero-order chi connectivity index (χ0) is 28.6. The van der Waals surface area contributed by atoms with Gasteiger partial charge in [-0.3, -0.25) is 9.59 Å². The maximum absolute atomic E-state index is 15.3. The van der Waals surface area contributed by atoms with Gasteiger partial charge >= 0.3 is 5.97 Å². The van der Waals surface area contributed by atoms with Crippen molar-refractivity contribution in [2.24, 2.45) is 5.92 Å². The van der Waals surface area contributed by atoms with E-state index in [1.54, 1.807) is 10.6 Å². The van der Waals surface area contributed by atoms with Crippen molar-refractivity contribution in [3.05, 3.63) is 68.5 Å². The number of aliphatic hydroxyl groups excluding tert-OH is 1. The van der Waals surface area contributed by atoms with E-state index in [0.29, 0.717) is 36.2 Å². The summed E-state index contributed by atoms with van der Waals surface area (Å²) in [4.78, 5) is 39.5. The van der Waals surface area contributed by atoms with E-state index < -0.39 is 29.1 Å². The van der Waals surface area contributed by atoms with Crippen LogP contribution >= 0.6 is 0 Å². The lowest BCUT2D eigenvalue weighted by Gasteiger charge is -2.25. The molecule has 1 aliphatic rings. The summed E-state index contributed by atoms with van der Waals surface area (Å²) < 4.78 is 42.4. The number of nitrogens with zero attached hydrogens (tertiary/aromatic N) is 2. The molecule has 10 heteroatoms. The van der Waals surface area contributed by atoms with Gasteiger partial charge in [0.05, 0.1) is 38.1 Å². The highest BCUT2D eigenvalue weighted by Crippen LogP contribution is 2.34. The lowest BCUT2D eigenvalue weighted by molar-refractivity contribution is -0.117. The summed E-state index contributed by atoms with van der Waals surface area (Å²) >= 11 is 0. The summed E-state index contributed by atoms with van der Waals surface area (Å²) in [7, 11) is 2.60. The first-order valence-corrected chi connectivity index (χ1v) is 12.8. The number of aromatic nitrogens is 1. The number of hydrogen-bond acceptors (Lipinski definition) is 6. The highest BCUT2D eigenvalue weighted by atomic mass is 19.1. The molecule has 208 valence electrons. The Morgan fingerprint density at radius 1 is 1.10 bits per heavy atom. The molecule has 1 aliphatic heterocycles. The number of carbonyl (C=O) groups is 2. The molecule has 1 atom stereocenters. The molecule has 2 aromatic carbocycles. The van der Waals surface area contributed by atoms with Crippen LogP contribution in [0.2, 0.25) is 0 Å². The molecule has 8 nitrogen and oxygen atoms in total. The predicted octanol–water partition coefficient (Wildman–Crippen LogP) is 4.29. The topological polar surface area (TPSA) is 98.1 Å². The molecule has 0 aliphatic carbocycles. The van der Waals surface area contributed by atoms with Gasteiger partial charge in [0.2, 0.25) is 11.3 Å². The van der Waals surface area contributed by atoms with Gasteiger partial charge in [-0.15, -0.1) is 0 Å². The minimum atomic E-state index is -0.825. The van der Waals surface area contributed by atoms with Crippen LogP contribution in [-0.2, 0) is 16.0 Å². The van der Waals surface area contributed by atoms with Crippen molar-refractivity contribution in [3.63, 3.8) is 0 Å². The molecule has 3 aromatic rings. The fourth-order valence-electron chi connectivity index (χ4n) is 5.15. The van der Waals surface area contributed by atoms with Gasteiger partial charge < -0.3 is 24.0 Å². The molecular weight excluding hydrogens is 510 g/mol. The van der Waals surface area contributed by atoms with Crippen molar-refractivity contribution in [2.45, 2.75) is 46.1 Å². The number of hydrogen-bond donors (Lipinski definition) is 1. The van der Waals surface area contributed by atoms with Gasteiger partial charge in [0.15, 0.2) is 5.82 Å². The second-order valence-electron chi connectivity index (χ2n) is 10.1. The van der Waals surface area contributed by atoms with Crippen molar-refractivity contribution in [1.82, 2.24) is 4.57 Å². The van der Waals surface area contributed by atoms with Crippen LogP contribution in [0.4, 0.5) is 14.5 Å². The third-order valence-corrected chi connectivity index (χ3v) is 7.37. The van der Waals surface area contributed by atoms with Crippen LogP contribution in [-0.4, -0.2) is 48.9 Å². The molecule has 0 spiro atoms. The first kappa shape index (κ1) is 28.2. The third-order valence-electron chi connectivity index (χ3n) is 7.37. The zero-order valence-corrected chi connectivity index (χ0v) is 22.6. The van der Waals surface area contributed by atoms with E-state index in [2.05, 4.69) is 0 Å². The Kier molecular flexibility index (Phi) is 8.06. The number of fused-ring (bicyclic) bond motifs is 1. The molecule has 1 fully saturated rings. The molecule has 0 radical (unpaired) electrons. The first-order chi connectivity index (χ1) is 18.5. The molecule has 1 aromatic heterocycles. The largest absolute Gasteiger partial charge is 0.496 e. The summed E-state index contributed by atoms with van der Waals surface area (Å²) in [5.74, 6) is -2.32. The Bertz CT molecular complexity index is 1510. The normalized spacial score (nSPS) is 14.4. The molecule has 2 heterocycles. The monoisotopic (exact) mass is 542 g/mol. The number of benzene rings is 2. The number of amides is 1. The number of esters is 1. The number of methoxy groups -OCH3 is 2. The number of anilines is 1. The number of pyridine rings is 1. The Hall–Kier alpha value is -3.79. The average Bonchev–Trinajstić information content (AvgIpc) is 3.35. The Morgan fingerprint density at radius 3 is 2.38 bits per heavy atom. The van der Waals surface area contributed by atoms with Crippen molar-refractivity contribution in [3.8, 4) is 5.75 Å². The molecular formula is C29H32F2N2O6. The molecule has 0 bridgehead atoms. The summed E-state index contributed by atoms with van der Waals surface area (Å²) in [6.07, 6.45) is 2.18. The lowest BCUT2D eigenvalue weighted by Crippen LogP contribution is -2.26. The van der Waals surface area contributed by atoms with Gasteiger partial charge in [0, 0.05) is 42.6 Å². The minimum absolute atomic E-state index is 0.0178. The average molecular weight is 543 g/mol. The standard InChI is InChI=1S/C29H32F2N2O6/c1-15(2)23(14-34)33-13-20(29(37)39-5)28(36)19-10-17(24(38-4)12-21(19)33)9-18-11-22(27(31)16(3)26(18)30)32-8-6-7-25(32)35/h10-13,15,23,34H,6-9,14H2,1-5H3/t23-/m1/s1. The Morgan fingerprint density at radius 2 is 1.82 bits per heavy atom. The van der Waals surface area contributed by atoms with Crippen molar-refractivity contribution in [2.75, 3.05) is 32.3 Å². The molecule has 39 heavy (non-hydrogen) atoms. The second-order valence-corrected chi connectivity index (χ2v) is 10.1. The summed E-state index contributed by atoms with van der Waals surface area (Å²) in [5, 5.41) is 10.3. The smallest absolute Gasteiger partial charge is 0.343 e. The SMILES string of the molecule is COC(=O)c1cn([C@H](CO)C(C)C)c2cc(OC)c(Cc3cc(N4CCCC4=O)c(F)c(C)c3F)cc2c1=O. The number of aliphatic hydroxyl groups is 1. The first-order valence-electron chi connectivity index (χ1n) is 12.8. The van der Waals surface area contributed by atoms with Crippen LogP contribution in [0, 0.1) is 24.5 Å². The van der Waals surface area contributed by atoms with Crippen molar-refractivity contribution in [1.29, 1.82) is 0 Å². The number of rotatable bonds is 8. The molecule has 1 amide bonds. The quantitative estimate of drug-likeness (QED) is 0.427. The van der Waals surface area contributed by atoms with E-state index in [4.69, 9.17) is 9.47 Å². The third kappa shape index (κ3) is 5.01. The van der Waals surface area contributed by atoms with Gasteiger partial charge in [-0.05, 0) is 42.5 Å². The molecule has 1 N–H and O–H groups in total. The fourth-order valence-corrected chi connectivity index (χ4v) is 5.15. The molecule has 0 unspecified atom stereocenters. The minimum Gasteiger partial charge on any atom is -0.496 e. The molecule has 4 rings (SSSR count). The number of ether oxygens (including phenoxy) is 2. The van der Waals surface area contributed by atoms with Crippen molar-refractivity contribution >= 4 is 28.5 Å². The van der Waals surface area contributed by atoms with Crippen LogP contribution in [0.25, 0.3) is 10.9 Å². The number of halogens is 2. The van der Waals surface area contributed by atoms with E-state index in [9.17, 15) is 19.5 Å². The van der Waals surface area contributed by atoms with Crippen molar-refractivity contribution < 1.29 is 33.0 Å². The maximum atomic E-state index is 15.3. The van der Waals surface area contributed by atoms with Gasteiger partial charge in [0.1, 0.15) is 17.1 Å². The van der Waals surface area contributed by atoms with E-state index in [1.165, 1.54) is 44.4 Å². The van der Waals surface area contributed by atoms with Crippen LogP contribution in [0.1, 0.15) is 59.8 Å². The zero-order valence-electron chi connectivity index (χ0n) is 22.6. The van der Waals surface area contributed by atoms with Crippen LogP contribution < -0.4 is 15.1 Å². The maximum Gasteiger partial charge on any atom is 0.343 e. The Balaban J connectivity index is 1.94. The summed E-state index contributed by atoms with van der Waals surface area (Å²) in [6, 6.07) is 3.99. The van der Waals surface area contributed by atoms with Gasteiger partial charge in [-0.25, -0.2) is 13.6 Å². The second kappa shape index (κ2) is 11.1. The van der Waals surface area contributed by atoms with Gasteiger partial charge in [-0.1, -0.05) is 13.8 Å². The van der Waals surface area contributed by atoms with E-state index in [0.717, 1.165) is 0 Å². The van der Waals surface area contributed by atoms with E-state index in [1.807, 2.05) is 13.8 Å². The summed E-state index contributed by atoms with van der Waals surface area (Å²) in [5.41, 5.74) is -0.0229. The fraction of sp³-hybridized carbons (Fsp3) is 0.414. The van der Waals surface area contributed by atoms with Gasteiger partial charge in [-0.2, -0.15) is 0 Å². The van der Waals surface area contributed by atoms with Gasteiger partial charge in [0.25, 0.3) is 0 Å². The highest BCUT2D eigenvalue weighted by molar-refractivity contribution is 5.96. The van der Waals surface area contributed by atoms with E-state index in [-0.39, 0.29) is 52.6 Å². The van der Waals surface area contributed by atoms with Crippen LogP contribution in [0.15, 0.2) is 29.2 Å². The summed E-state index contributed by atoms with van der Waals surface area (Å²) in [6.45, 7) is 5.21.